The van der Waals surface area contributed by atoms with Crippen molar-refractivity contribution in [2.75, 3.05) is 0 Å². The molecule has 186 valence electrons. The van der Waals surface area contributed by atoms with Gasteiger partial charge in [0, 0.05) is 34.2 Å². The van der Waals surface area contributed by atoms with Crippen molar-refractivity contribution >= 4 is 35.3 Å². The Hall–Kier alpha value is -2.70. The molecule has 4 heterocycles. The Morgan fingerprint density at radius 2 is 0.667 bits per heavy atom. The van der Waals surface area contributed by atoms with Crippen molar-refractivity contribution in [1.82, 2.24) is 44.9 Å². The van der Waals surface area contributed by atoms with Crippen LogP contribution in [0.2, 0.25) is 0 Å². The van der Waals surface area contributed by atoms with Crippen LogP contribution in [0.5, 0.6) is 0 Å². The third-order valence-corrected chi connectivity index (χ3v) is 7.18. The SMILES string of the molecule is Cc1cc(C)nc(CSc2nc(CSc3nc(C)cc(C)n3)nc(CSc3nc(C)cc(C)n3)n2)n1. The van der Waals surface area contributed by atoms with Gasteiger partial charge in [-0.2, -0.15) is 0 Å². The van der Waals surface area contributed by atoms with Crippen molar-refractivity contribution in [3.05, 3.63) is 69.8 Å². The van der Waals surface area contributed by atoms with E-state index < -0.39 is 0 Å². The summed E-state index contributed by atoms with van der Waals surface area (Å²) in [6.45, 7) is 11.8. The van der Waals surface area contributed by atoms with E-state index in [0.29, 0.717) is 44.4 Å². The fourth-order valence-electron chi connectivity index (χ4n) is 3.41. The number of nitrogens with zero attached hydrogens (tertiary/aromatic N) is 9. The van der Waals surface area contributed by atoms with Crippen molar-refractivity contribution in [3.8, 4) is 0 Å². The van der Waals surface area contributed by atoms with Gasteiger partial charge in [-0.1, -0.05) is 35.3 Å². The molecule has 0 saturated heterocycles. The predicted molar refractivity (Wildman–Crippen MR) is 143 cm³/mol. The second kappa shape index (κ2) is 12.0. The molecule has 0 fully saturated rings. The second-order valence-electron chi connectivity index (χ2n) is 8.25. The number of hydrogen-bond donors (Lipinski definition) is 0. The molecule has 12 heteroatoms. The molecular formula is C24H27N9S3. The number of thioether (sulfide) groups is 3. The number of aryl methyl sites for hydroxylation is 6. The molecular weight excluding hydrogens is 511 g/mol. The van der Waals surface area contributed by atoms with Crippen LogP contribution in [0.4, 0.5) is 0 Å². The minimum atomic E-state index is 0.538. The normalized spacial score (nSPS) is 11.2. The summed E-state index contributed by atoms with van der Waals surface area (Å²) in [5, 5.41) is 2.07. The van der Waals surface area contributed by atoms with Gasteiger partial charge in [0.2, 0.25) is 0 Å². The summed E-state index contributed by atoms with van der Waals surface area (Å²) in [5.41, 5.74) is 5.66. The molecule has 0 amide bonds. The zero-order valence-corrected chi connectivity index (χ0v) is 23.6. The topological polar surface area (TPSA) is 116 Å². The highest BCUT2D eigenvalue weighted by Crippen LogP contribution is 2.24. The van der Waals surface area contributed by atoms with Crippen molar-refractivity contribution in [3.63, 3.8) is 0 Å². The van der Waals surface area contributed by atoms with Crippen LogP contribution in [0.1, 0.15) is 51.6 Å². The van der Waals surface area contributed by atoms with Gasteiger partial charge in [-0.3, -0.25) is 0 Å². The van der Waals surface area contributed by atoms with E-state index in [-0.39, 0.29) is 0 Å². The third kappa shape index (κ3) is 7.90. The summed E-state index contributed by atoms with van der Waals surface area (Å²) in [6.07, 6.45) is 0. The molecule has 0 saturated carbocycles. The van der Waals surface area contributed by atoms with E-state index in [1.165, 1.54) is 35.3 Å². The lowest BCUT2D eigenvalue weighted by Gasteiger charge is -2.08. The van der Waals surface area contributed by atoms with Gasteiger partial charge in [-0.25, -0.2) is 44.9 Å². The van der Waals surface area contributed by atoms with Gasteiger partial charge in [-0.15, -0.1) is 0 Å². The highest BCUT2D eigenvalue weighted by atomic mass is 32.2. The van der Waals surface area contributed by atoms with Crippen LogP contribution < -0.4 is 0 Å². The summed E-state index contributed by atoms with van der Waals surface area (Å²) in [4.78, 5) is 41.3. The molecule has 0 N–H and O–H groups in total. The summed E-state index contributed by atoms with van der Waals surface area (Å²) in [7, 11) is 0. The Balaban J connectivity index is 1.53. The van der Waals surface area contributed by atoms with Crippen LogP contribution in [-0.4, -0.2) is 44.9 Å². The standard InChI is InChI=1S/C24H27N9S3/c1-13-7-14(2)26-19(25-13)10-36-24-32-20(11-34-22-27-15(3)8-16(4)28-22)31-21(33-24)12-35-23-29-17(5)9-18(6)30-23/h7-9H,10-12H2,1-6H3. The van der Waals surface area contributed by atoms with Crippen LogP contribution in [0.25, 0.3) is 0 Å². The van der Waals surface area contributed by atoms with E-state index in [9.17, 15) is 0 Å². The van der Waals surface area contributed by atoms with Gasteiger partial charge in [0.05, 0.1) is 17.3 Å². The Kier molecular flexibility index (Phi) is 8.81. The van der Waals surface area contributed by atoms with E-state index >= 15 is 0 Å². The van der Waals surface area contributed by atoms with Crippen molar-refractivity contribution in [2.45, 2.75) is 74.3 Å². The fourth-order valence-corrected chi connectivity index (χ4v) is 5.74. The molecule has 0 aromatic carbocycles. The molecule has 4 aromatic rings. The van der Waals surface area contributed by atoms with Gasteiger partial charge >= 0.3 is 0 Å². The zero-order chi connectivity index (χ0) is 25.7. The zero-order valence-electron chi connectivity index (χ0n) is 21.1. The van der Waals surface area contributed by atoms with Crippen LogP contribution in [0, 0.1) is 41.5 Å². The number of hydrogen-bond acceptors (Lipinski definition) is 12. The minimum Gasteiger partial charge on any atom is -0.237 e. The quantitative estimate of drug-likeness (QED) is 0.212. The van der Waals surface area contributed by atoms with Gasteiger partial charge in [0.25, 0.3) is 0 Å². The van der Waals surface area contributed by atoms with E-state index in [1.54, 1.807) is 0 Å². The first-order valence-electron chi connectivity index (χ1n) is 11.3. The number of rotatable bonds is 9. The lowest BCUT2D eigenvalue weighted by atomic mass is 10.3. The fraction of sp³-hybridized carbons (Fsp3) is 0.375. The molecule has 0 atom stereocenters. The summed E-state index contributed by atoms with van der Waals surface area (Å²) in [6, 6.07) is 5.88. The van der Waals surface area contributed by atoms with Crippen molar-refractivity contribution in [1.29, 1.82) is 0 Å². The monoisotopic (exact) mass is 537 g/mol. The molecule has 4 rings (SSSR count). The van der Waals surface area contributed by atoms with Crippen molar-refractivity contribution in [2.24, 2.45) is 0 Å². The van der Waals surface area contributed by atoms with Gasteiger partial charge < -0.3 is 0 Å². The average molecular weight is 538 g/mol. The van der Waals surface area contributed by atoms with E-state index in [2.05, 4.69) is 29.9 Å². The molecule has 0 aliphatic carbocycles. The van der Waals surface area contributed by atoms with Crippen LogP contribution in [0.15, 0.2) is 33.7 Å². The number of aromatic nitrogens is 9. The van der Waals surface area contributed by atoms with Crippen LogP contribution in [-0.2, 0) is 17.3 Å². The summed E-state index contributed by atoms with van der Waals surface area (Å²) in [5.74, 6) is 3.77. The molecule has 9 nitrogen and oxygen atoms in total. The minimum absolute atomic E-state index is 0.538. The van der Waals surface area contributed by atoms with Crippen molar-refractivity contribution < 1.29 is 0 Å². The maximum absolute atomic E-state index is 4.72. The Bertz CT molecular complexity index is 1140. The van der Waals surface area contributed by atoms with Crippen LogP contribution in [0.3, 0.4) is 0 Å². The molecule has 0 aliphatic rings. The van der Waals surface area contributed by atoms with Gasteiger partial charge in [-0.05, 0) is 59.7 Å². The Labute approximate surface area is 223 Å². The maximum atomic E-state index is 4.72. The lowest BCUT2D eigenvalue weighted by molar-refractivity contribution is 0.802. The first-order chi connectivity index (χ1) is 17.2. The molecule has 0 unspecified atom stereocenters. The third-order valence-electron chi connectivity index (χ3n) is 4.65. The largest absolute Gasteiger partial charge is 0.237 e. The van der Waals surface area contributed by atoms with E-state index in [4.69, 9.17) is 15.0 Å². The average Bonchev–Trinajstić information content (AvgIpc) is 2.78. The Morgan fingerprint density at radius 3 is 1.03 bits per heavy atom. The highest BCUT2D eigenvalue weighted by molar-refractivity contribution is 7.98. The van der Waals surface area contributed by atoms with Crippen LogP contribution >= 0.6 is 35.3 Å². The van der Waals surface area contributed by atoms with E-state index in [0.717, 1.165) is 40.0 Å². The molecule has 36 heavy (non-hydrogen) atoms. The first-order valence-corrected chi connectivity index (χ1v) is 14.3. The smallest absolute Gasteiger partial charge is 0.191 e. The molecule has 0 aliphatic heterocycles. The van der Waals surface area contributed by atoms with E-state index in [1.807, 2.05) is 59.7 Å². The first kappa shape index (κ1) is 26.4. The molecule has 4 aromatic heterocycles. The molecule has 0 radical (unpaired) electrons. The summed E-state index contributed by atoms with van der Waals surface area (Å²) < 4.78 is 0. The molecule has 0 spiro atoms. The van der Waals surface area contributed by atoms with Gasteiger partial charge in [0.1, 0.15) is 17.5 Å². The predicted octanol–water partition coefficient (Wildman–Crippen LogP) is 4.97. The highest BCUT2D eigenvalue weighted by Gasteiger charge is 2.12. The van der Waals surface area contributed by atoms with Gasteiger partial charge in [0.15, 0.2) is 15.5 Å². The maximum Gasteiger partial charge on any atom is 0.191 e. The molecule has 0 bridgehead atoms. The Morgan fingerprint density at radius 1 is 0.389 bits per heavy atom. The lowest BCUT2D eigenvalue weighted by Crippen LogP contribution is -2.05. The second-order valence-corrected chi connectivity index (χ2v) is 11.1. The summed E-state index contributed by atoms with van der Waals surface area (Å²) >= 11 is 4.54.